The smallest absolute Gasteiger partial charge is 0.229 e. The summed E-state index contributed by atoms with van der Waals surface area (Å²) < 4.78 is 16.8. The van der Waals surface area contributed by atoms with E-state index >= 15 is 0 Å². The monoisotopic (exact) mass is 518 g/mol. The van der Waals surface area contributed by atoms with Gasteiger partial charge in [0.2, 0.25) is 5.95 Å². The molecule has 2 unspecified atom stereocenters. The molecule has 0 aliphatic carbocycles. The van der Waals surface area contributed by atoms with Crippen LogP contribution in [0.3, 0.4) is 0 Å². The van der Waals surface area contributed by atoms with Gasteiger partial charge in [0.15, 0.2) is 5.65 Å². The summed E-state index contributed by atoms with van der Waals surface area (Å²) in [6.07, 6.45) is 1.49. The first-order valence-electron chi connectivity index (χ1n) is 13.9. The second-order valence-corrected chi connectivity index (χ2v) is 10.8. The number of fused-ring (bicyclic) bond motifs is 1. The Labute approximate surface area is 224 Å². The molecule has 3 aromatic rings. The fourth-order valence-electron chi connectivity index (χ4n) is 5.37. The summed E-state index contributed by atoms with van der Waals surface area (Å²) in [5.41, 5.74) is 3.97. The van der Waals surface area contributed by atoms with Crippen molar-refractivity contribution in [3.8, 4) is 11.3 Å². The summed E-state index contributed by atoms with van der Waals surface area (Å²) in [5.74, 6) is 1.66. The van der Waals surface area contributed by atoms with E-state index in [2.05, 4.69) is 72.3 Å². The largest absolute Gasteiger partial charge is 0.377 e. The standard InChI is InChI=1S/C29H38N6O3/c1-19(13-24-18-38-24)30-15-22-5-4-6-23(14-22)26-8-7-25-27(31-26)32-29(35-10-12-37-17-21(35)3)33-28(25)34-9-11-36-16-20(34)2/h4-8,14,19-21,24,30H,9-13,15-18H2,1-3H3/t19?,20-,21-,24?/m0/s1. The molecule has 202 valence electrons. The van der Waals surface area contributed by atoms with Crippen molar-refractivity contribution in [2.45, 2.75) is 58.0 Å². The fraction of sp³-hybridized carbons (Fsp3) is 0.552. The van der Waals surface area contributed by atoms with Gasteiger partial charge in [-0.05, 0) is 51.0 Å². The van der Waals surface area contributed by atoms with Gasteiger partial charge in [-0.15, -0.1) is 0 Å². The molecule has 4 atom stereocenters. The number of pyridine rings is 1. The zero-order valence-corrected chi connectivity index (χ0v) is 22.6. The fourth-order valence-corrected chi connectivity index (χ4v) is 5.37. The maximum Gasteiger partial charge on any atom is 0.229 e. The van der Waals surface area contributed by atoms with Crippen molar-refractivity contribution in [1.29, 1.82) is 0 Å². The lowest BCUT2D eigenvalue weighted by molar-refractivity contribution is 0.0973. The molecule has 6 rings (SSSR count). The van der Waals surface area contributed by atoms with Crippen LogP contribution in [0.25, 0.3) is 22.3 Å². The summed E-state index contributed by atoms with van der Waals surface area (Å²) >= 11 is 0. The Hall–Kier alpha value is -2.85. The Bertz CT molecular complexity index is 1270. The summed E-state index contributed by atoms with van der Waals surface area (Å²) in [7, 11) is 0. The molecule has 3 fully saturated rings. The van der Waals surface area contributed by atoms with Gasteiger partial charge in [-0.2, -0.15) is 9.97 Å². The second kappa shape index (κ2) is 11.1. The van der Waals surface area contributed by atoms with E-state index in [9.17, 15) is 0 Å². The number of rotatable bonds is 8. The molecule has 38 heavy (non-hydrogen) atoms. The number of ether oxygens (including phenoxy) is 3. The van der Waals surface area contributed by atoms with Crippen LogP contribution in [-0.4, -0.2) is 85.3 Å². The highest BCUT2D eigenvalue weighted by atomic mass is 16.6. The van der Waals surface area contributed by atoms with E-state index in [4.69, 9.17) is 29.2 Å². The highest BCUT2D eigenvalue weighted by Crippen LogP contribution is 2.31. The average molecular weight is 519 g/mol. The van der Waals surface area contributed by atoms with E-state index in [1.54, 1.807) is 0 Å². The minimum Gasteiger partial charge on any atom is -0.377 e. The van der Waals surface area contributed by atoms with Crippen LogP contribution in [0.5, 0.6) is 0 Å². The molecule has 9 heteroatoms. The highest BCUT2D eigenvalue weighted by molar-refractivity contribution is 5.90. The number of nitrogens with one attached hydrogen (secondary N) is 1. The van der Waals surface area contributed by atoms with Crippen LogP contribution >= 0.6 is 0 Å². The minimum absolute atomic E-state index is 0.206. The van der Waals surface area contributed by atoms with Crippen LogP contribution in [-0.2, 0) is 20.8 Å². The van der Waals surface area contributed by atoms with Gasteiger partial charge in [0.25, 0.3) is 0 Å². The van der Waals surface area contributed by atoms with Crippen LogP contribution < -0.4 is 15.1 Å². The molecule has 0 saturated carbocycles. The second-order valence-electron chi connectivity index (χ2n) is 10.8. The summed E-state index contributed by atoms with van der Waals surface area (Å²) in [4.78, 5) is 19.8. The van der Waals surface area contributed by atoms with Gasteiger partial charge in [0.05, 0.1) is 62.3 Å². The van der Waals surface area contributed by atoms with Crippen LogP contribution in [0.15, 0.2) is 36.4 Å². The van der Waals surface area contributed by atoms with E-state index in [1.165, 1.54) is 5.56 Å². The number of epoxide rings is 1. The predicted octanol–water partition coefficient (Wildman–Crippen LogP) is 3.41. The average Bonchev–Trinajstić information content (AvgIpc) is 3.76. The topological polar surface area (TPSA) is 88.2 Å². The first kappa shape index (κ1) is 25.4. The van der Waals surface area contributed by atoms with Gasteiger partial charge >= 0.3 is 0 Å². The highest BCUT2D eigenvalue weighted by Gasteiger charge is 2.28. The molecular weight excluding hydrogens is 480 g/mol. The van der Waals surface area contributed by atoms with Crippen molar-refractivity contribution >= 4 is 22.8 Å². The molecule has 3 aliphatic rings. The SMILES string of the molecule is CC(CC1CO1)NCc1cccc(-c2ccc3c(N4CCOC[C@@H]4C)nc(N4CCOC[C@@H]4C)nc3n2)c1. The third kappa shape index (κ3) is 5.61. The summed E-state index contributed by atoms with van der Waals surface area (Å²) in [6.45, 7) is 12.6. The lowest BCUT2D eigenvalue weighted by atomic mass is 10.1. The van der Waals surface area contributed by atoms with E-state index in [0.717, 1.165) is 66.7 Å². The van der Waals surface area contributed by atoms with Gasteiger partial charge in [0, 0.05) is 31.2 Å². The molecule has 9 nitrogen and oxygen atoms in total. The van der Waals surface area contributed by atoms with E-state index in [-0.39, 0.29) is 12.1 Å². The van der Waals surface area contributed by atoms with Gasteiger partial charge in [-0.3, -0.25) is 0 Å². The van der Waals surface area contributed by atoms with Gasteiger partial charge in [0.1, 0.15) is 5.82 Å². The van der Waals surface area contributed by atoms with Gasteiger partial charge in [-0.25, -0.2) is 4.98 Å². The molecule has 0 radical (unpaired) electrons. The van der Waals surface area contributed by atoms with Crippen molar-refractivity contribution in [2.75, 3.05) is 55.9 Å². The molecular formula is C29H38N6O3. The molecule has 5 heterocycles. The predicted molar refractivity (Wildman–Crippen MR) is 149 cm³/mol. The molecule has 0 bridgehead atoms. The van der Waals surface area contributed by atoms with Crippen molar-refractivity contribution < 1.29 is 14.2 Å². The Kier molecular flexibility index (Phi) is 7.43. The van der Waals surface area contributed by atoms with Crippen LogP contribution in [0, 0.1) is 0 Å². The molecule has 0 spiro atoms. The minimum atomic E-state index is 0.206. The Morgan fingerprint density at radius 3 is 2.45 bits per heavy atom. The first-order valence-corrected chi connectivity index (χ1v) is 13.9. The zero-order chi connectivity index (χ0) is 26.1. The third-order valence-corrected chi connectivity index (χ3v) is 7.69. The van der Waals surface area contributed by atoms with Crippen LogP contribution in [0.4, 0.5) is 11.8 Å². The van der Waals surface area contributed by atoms with Crippen molar-refractivity contribution in [1.82, 2.24) is 20.3 Å². The number of anilines is 2. The number of benzene rings is 1. The van der Waals surface area contributed by atoms with Crippen molar-refractivity contribution in [3.63, 3.8) is 0 Å². The maximum absolute atomic E-state index is 5.71. The van der Waals surface area contributed by atoms with Crippen molar-refractivity contribution in [2.24, 2.45) is 0 Å². The number of hydrogen-bond donors (Lipinski definition) is 1. The van der Waals surface area contributed by atoms with Gasteiger partial charge < -0.3 is 29.3 Å². The molecule has 2 aromatic heterocycles. The Morgan fingerprint density at radius 1 is 0.947 bits per heavy atom. The number of aromatic nitrogens is 3. The Balaban J connectivity index is 1.33. The van der Waals surface area contributed by atoms with E-state index < -0.39 is 0 Å². The van der Waals surface area contributed by atoms with Crippen molar-refractivity contribution in [3.05, 3.63) is 42.0 Å². The maximum atomic E-state index is 5.71. The molecule has 0 amide bonds. The Morgan fingerprint density at radius 2 is 1.71 bits per heavy atom. The quantitative estimate of drug-likeness (QED) is 0.451. The number of hydrogen-bond acceptors (Lipinski definition) is 9. The third-order valence-electron chi connectivity index (χ3n) is 7.69. The lowest BCUT2D eigenvalue weighted by Crippen LogP contribution is -2.46. The van der Waals surface area contributed by atoms with Gasteiger partial charge in [-0.1, -0.05) is 18.2 Å². The molecule has 3 aliphatic heterocycles. The van der Waals surface area contributed by atoms with E-state index in [1.807, 2.05) is 0 Å². The number of nitrogens with zero attached hydrogens (tertiary/aromatic N) is 5. The van der Waals surface area contributed by atoms with E-state index in [0.29, 0.717) is 38.6 Å². The summed E-state index contributed by atoms with van der Waals surface area (Å²) in [5, 5.41) is 4.60. The first-order chi connectivity index (χ1) is 18.5. The normalized spacial score (nSPS) is 24.6. The number of morpholine rings is 2. The molecule has 1 aromatic carbocycles. The molecule has 1 N–H and O–H groups in total. The summed E-state index contributed by atoms with van der Waals surface area (Å²) in [6, 6.07) is 13.7. The van der Waals surface area contributed by atoms with Crippen LogP contribution in [0.2, 0.25) is 0 Å². The molecule has 3 saturated heterocycles. The zero-order valence-electron chi connectivity index (χ0n) is 22.6. The van der Waals surface area contributed by atoms with Crippen LogP contribution in [0.1, 0.15) is 32.8 Å². The lowest BCUT2D eigenvalue weighted by Gasteiger charge is -2.37.